The number of halogens is 1. The van der Waals surface area contributed by atoms with Crippen LogP contribution in [-0.2, 0) is 9.53 Å². The van der Waals surface area contributed by atoms with Gasteiger partial charge in [-0.15, -0.1) is 0 Å². The average molecular weight is 346 g/mol. The van der Waals surface area contributed by atoms with Crippen molar-refractivity contribution >= 4 is 34.9 Å². The summed E-state index contributed by atoms with van der Waals surface area (Å²) in [6, 6.07) is 10.1. The van der Waals surface area contributed by atoms with E-state index in [-0.39, 0.29) is 17.7 Å². The summed E-state index contributed by atoms with van der Waals surface area (Å²) in [6.07, 6.45) is 2.14. The van der Waals surface area contributed by atoms with E-state index >= 15 is 0 Å². The van der Waals surface area contributed by atoms with Gasteiger partial charge >= 0.3 is 0 Å². The summed E-state index contributed by atoms with van der Waals surface area (Å²) in [7, 11) is 0. The summed E-state index contributed by atoms with van der Waals surface area (Å²) < 4.78 is 5.22. The SMILES string of the molecule is O=C(Nc1ccc(Cl)cn1)c1ccccc1NC(=O)C1CCOC1. The molecule has 3 rings (SSSR count). The van der Waals surface area contributed by atoms with Crippen molar-refractivity contribution in [1.29, 1.82) is 0 Å². The topological polar surface area (TPSA) is 80.3 Å². The fourth-order valence-corrected chi connectivity index (χ4v) is 2.51. The summed E-state index contributed by atoms with van der Waals surface area (Å²) in [4.78, 5) is 28.7. The van der Waals surface area contributed by atoms with Crippen LogP contribution < -0.4 is 10.6 Å². The largest absolute Gasteiger partial charge is 0.381 e. The Morgan fingerprint density at radius 1 is 1.17 bits per heavy atom. The Labute approximate surface area is 144 Å². The zero-order chi connectivity index (χ0) is 16.9. The molecule has 1 atom stereocenters. The second-order valence-electron chi connectivity index (χ2n) is 5.41. The van der Waals surface area contributed by atoms with Gasteiger partial charge in [0, 0.05) is 12.8 Å². The van der Waals surface area contributed by atoms with Crippen molar-refractivity contribution in [2.24, 2.45) is 5.92 Å². The van der Waals surface area contributed by atoms with Gasteiger partial charge in [-0.1, -0.05) is 23.7 Å². The fraction of sp³-hybridized carbons (Fsp3) is 0.235. The Balaban J connectivity index is 1.74. The first kappa shape index (κ1) is 16.4. The molecule has 7 heteroatoms. The zero-order valence-corrected chi connectivity index (χ0v) is 13.5. The number of pyridine rings is 1. The number of anilines is 2. The molecular formula is C17H16ClN3O3. The molecule has 0 spiro atoms. The van der Waals surface area contributed by atoms with Gasteiger partial charge in [0.1, 0.15) is 5.82 Å². The van der Waals surface area contributed by atoms with Crippen LogP contribution in [0.25, 0.3) is 0 Å². The Morgan fingerprint density at radius 2 is 2.00 bits per heavy atom. The summed E-state index contributed by atoms with van der Waals surface area (Å²) in [6.45, 7) is 0.997. The first-order valence-electron chi connectivity index (χ1n) is 7.54. The lowest BCUT2D eigenvalue weighted by molar-refractivity contribution is -0.119. The summed E-state index contributed by atoms with van der Waals surface area (Å²) >= 11 is 5.78. The lowest BCUT2D eigenvalue weighted by Gasteiger charge is -2.13. The van der Waals surface area contributed by atoms with Gasteiger partial charge in [0.25, 0.3) is 5.91 Å². The van der Waals surface area contributed by atoms with E-state index in [0.717, 1.165) is 0 Å². The molecule has 0 radical (unpaired) electrons. The van der Waals surface area contributed by atoms with Gasteiger partial charge in [0.2, 0.25) is 5.91 Å². The molecule has 2 aromatic rings. The maximum Gasteiger partial charge on any atom is 0.258 e. The molecule has 1 saturated heterocycles. The van der Waals surface area contributed by atoms with Gasteiger partial charge < -0.3 is 15.4 Å². The van der Waals surface area contributed by atoms with Crippen molar-refractivity contribution in [3.63, 3.8) is 0 Å². The molecule has 24 heavy (non-hydrogen) atoms. The molecular weight excluding hydrogens is 330 g/mol. The minimum atomic E-state index is -0.358. The third-order valence-corrected chi connectivity index (χ3v) is 3.92. The minimum Gasteiger partial charge on any atom is -0.381 e. The quantitative estimate of drug-likeness (QED) is 0.892. The number of nitrogens with zero attached hydrogens (tertiary/aromatic N) is 1. The molecule has 0 bridgehead atoms. The monoisotopic (exact) mass is 345 g/mol. The maximum absolute atomic E-state index is 12.5. The van der Waals surface area contributed by atoms with E-state index in [1.165, 1.54) is 6.20 Å². The van der Waals surface area contributed by atoms with Crippen LogP contribution in [0.15, 0.2) is 42.6 Å². The Hall–Kier alpha value is -2.44. The van der Waals surface area contributed by atoms with E-state index in [0.29, 0.717) is 41.7 Å². The third-order valence-electron chi connectivity index (χ3n) is 3.70. The Bertz CT molecular complexity index is 743. The molecule has 1 aliphatic rings. The third kappa shape index (κ3) is 3.90. The number of aromatic nitrogens is 1. The van der Waals surface area contributed by atoms with Crippen LogP contribution in [0.3, 0.4) is 0 Å². The van der Waals surface area contributed by atoms with Gasteiger partial charge in [-0.25, -0.2) is 4.98 Å². The van der Waals surface area contributed by atoms with Gasteiger partial charge in [-0.3, -0.25) is 9.59 Å². The summed E-state index contributed by atoms with van der Waals surface area (Å²) in [5.74, 6) is -0.297. The van der Waals surface area contributed by atoms with Gasteiger partial charge in [0.15, 0.2) is 0 Å². The highest BCUT2D eigenvalue weighted by Gasteiger charge is 2.24. The number of amides is 2. The van der Waals surface area contributed by atoms with Crippen molar-refractivity contribution in [3.8, 4) is 0 Å². The van der Waals surface area contributed by atoms with Crippen molar-refractivity contribution in [1.82, 2.24) is 4.98 Å². The Kier molecular flexibility index (Phi) is 5.08. The molecule has 1 aromatic heterocycles. The van der Waals surface area contributed by atoms with Crippen LogP contribution in [0.4, 0.5) is 11.5 Å². The highest BCUT2D eigenvalue weighted by molar-refractivity contribution is 6.30. The van der Waals surface area contributed by atoms with Crippen LogP contribution in [-0.4, -0.2) is 30.0 Å². The smallest absolute Gasteiger partial charge is 0.258 e. The summed E-state index contributed by atoms with van der Waals surface area (Å²) in [5, 5.41) is 5.98. The second-order valence-corrected chi connectivity index (χ2v) is 5.85. The van der Waals surface area contributed by atoms with Crippen LogP contribution in [0.2, 0.25) is 5.02 Å². The first-order valence-corrected chi connectivity index (χ1v) is 7.92. The average Bonchev–Trinajstić information content (AvgIpc) is 3.12. The molecule has 1 aliphatic heterocycles. The van der Waals surface area contributed by atoms with E-state index < -0.39 is 0 Å². The second kappa shape index (κ2) is 7.42. The van der Waals surface area contributed by atoms with Crippen LogP contribution in [0, 0.1) is 5.92 Å². The van der Waals surface area contributed by atoms with Crippen LogP contribution in [0.5, 0.6) is 0 Å². The highest BCUT2D eigenvalue weighted by Crippen LogP contribution is 2.20. The normalized spacial score (nSPS) is 16.6. The number of hydrogen-bond donors (Lipinski definition) is 2. The number of nitrogens with one attached hydrogen (secondary N) is 2. The number of carbonyl (C=O) groups is 2. The molecule has 0 saturated carbocycles. The van der Waals surface area contributed by atoms with E-state index in [1.807, 2.05) is 0 Å². The number of hydrogen-bond acceptors (Lipinski definition) is 4. The lowest BCUT2D eigenvalue weighted by Crippen LogP contribution is -2.24. The molecule has 2 amide bonds. The number of para-hydroxylation sites is 1. The van der Waals surface area contributed by atoms with Crippen LogP contribution in [0.1, 0.15) is 16.8 Å². The minimum absolute atomic E-state index is 0.141. The first-order chi connectivity index (χ1) is 11.6. The molecule has 1 fully saturated rings. The number of benzene rings is 1. The lowest BCUT2D eigenvalue weighted by atomic mass is 10.1. The molecule has 2 heterocycles. The van der Waals surface area contributed by atoms with Crippen molar-refractivity contribution in [3.05, 3.63) is 53.2 Å². The molecule has 1 unspecified atom stereocenters. The molecule has 1 aromatic carbocycles. The van der Waals surface area contributed by atoms with Gasteiger partial charge in [-0.05, 0) is 30.7 Å². The molecule has 2 N–H and O–H groups in total. The number of ether oxygens (including phenoxy) is 1. The van der Waals surface area contributed by atoms with Crippen LogP contribution >= 0.6 is 11.6 Å². The van der Waals surface area contributed by atoms with E-state index in [1.54, 1.807) is 36.4 Å². The van der Waals surface area contributed by atoms with Crippen molar-refractivity contribution in [2.75, 3.05) is 23.8 Å². The van der Waals surface area contributed by atoms with Gasteiger partial charge in [0.05, 0.1) is 28.8 Å². The number of carbonyl (C=O) groups excluding carboxylic acids is 2. The fourth-order valence-electron chi connectivity index (χ4n) is 2.40. The summed E-state index contributed by atoms with van der Waals surface area (Å²) in [5.41, 5.74) is 0.822. The van der Waals surface area contributed by atoms with E-state index in [2.05, 4.69) is 15.6 Å². The van der Waals surface area contributed by atoms with Crippen molar-refractivity contribution in [2.45, 2.75) is 6.42 Å². The molecule has 6 nitrogen and oxygen atoms in total. The zero-order valence-electron chi connectivity index (χ0n) is 12.8. The van der Waals surface area contributed by atoms with E-state index in [4.69, 9.17) is 16.3 Å². The predicted octanol–water partition coefficient (Wildman–Crippen LogP) is 2.96. The Morgan fingerprint density at radius 3 is 2.71 bits per heavy atom. The van der Waals surface area contributed by atoms with Crippen molar-refractivity contribution < 1.29 is 14.3 Å². The molecule has 0 aliphatic carbocycles. The predicted molar refractivity (Wildman–Crippen MR) is 91.2 cm³/mol. The number of rotatable bonds is 4. The van der Waals surface area contributed by atoms with E-state index in [9.17, 15) is 9.59 Å². The standard InChI is InChI=1S/C17H16ClN3O3/c18-12-5-6-15(19-9-12)21-17(23)13-3-1-2-4-14(13)20-16(22)11-7-8-24-10-11/h1-6,9,11H,7-8,10H2,(H,20,22)(H,19,21,23). The highest BCUT2D eigenvalue weighted by atomic mass is 35.5. The molecule has 124 valence electrons. The maximum atomic E-state index is 12.5. The van der Waals surface area contributed by atoms with Gasteiger partial charge in [-0.2, -0.15) is 0 Å².